The van der Waals surface area contributed by atoms with Gasteiger partial charge in [0.05, 0.1) is 30.2 Å². The zero-order chi connectivity index (χ0) is 40.2. The number of benzene rings is 5. The van der Waals surface area contributed by atoms with E-state index in [0.717, 1.165) is 39.1 Å². The number of aryl methyl sites for hydroxylation is 1. The van der Waals surface area contributed by atoms with Gasteiger partial charge in [-0.2, -0.15) is 5.10 Å². The van der Waals surface area contributed by atoms with Crippen LogP contribution in [-0.4, -0.2) is 47.3 Å². The maximum Gasteiger partial charge on any atom is 0.412 e. The molecule has 2 atom stereocenters. The van der Waals surface area contributed by atoms with E-state index in [1.165, 1.54) is 24.3 Å². The number of carbonyl (C=O) groups excluding carboxylic acids is 4. The largest absolute Gasteiger partial charge is 0.436 e. The molecular formula is C44H39FN6O6. The fourth-order valence-corrected chi connectivity index (χ4v) is 6.64. The van der Waals surface area contributed by atoms with E-state index in [2.05, 4.69) is 31.5 Å². The van der Waals surface area contributed by atoms with Gasteiger partial charge in [-0.15, -0.1) is 0 Å². The van der Waals surface area contributed by atoms with Crippen LogP contribution in [0.25, 0.3) is 22.4 Å². The van der Waals surface area contributed by atoms with Crippen molar-refractivity contribution in [2.45, 2.75) is 32.0 Å². The van der Waals surface area contributed by atoms with E-state index in [4.69, 9.17) is 9.47 Å². The van der Waals surface area contributed by atoms with E-state index in [1.54, 1.807) is 31.3 Å². The molecule has 8 rings (SSSR count). The number of aromatic nitrogens is 2. The van der Waals surface area contributed by atoms with Crippen LogP contribution >= 0.6 is 0 Å². The van der Waals surface area contributed by atoms with Gasteiger partial charge in [0.1, 0.15) is 5.82 Å². The fourth-order valence-electron chi connectivity index (χ4n) is 6.64. The summed E-state index contributed by atoms with van der Waals surface area (Å²) < 4.78 is 24.2. The molecule has 0 bridgehead atoms. The van der Waals surface area contributed by atoms with Crippen LogP contribution in [0.15, 0.2) is 128 Å². The third kappa shape index (κ3) is 8.52. The van der Waals surface area contributed by atoms with Crippen molar-refractivity contribution in [2.24, 2.45) is 0 Å². The molecule has 0 saturated heterocycles. The Hall–Kier alpha value is -7.28. The summed E-state index contributed by atoms with van der Waals surface area (Å²) in [6, 6.07) is 35.7. The van der Waals surface area contributed by atoms with Crippen molar-refractivity contribution in [2.75, 3.05) is 23.7 Å². The van der Waals surface area contributed by atoms with Crippen LogP contribution in [0.1, 0.15) is 51.3 Å². The summed E-state index contributed by atoms with van der Waals surface area (Å²) in [5.74, 6) is -1.01. The van der Waals surface area contributed by atoms with Crippen molar-refractivity contribution in [3.63, 3.8) is 0 Å². The number of hydrogen-bond donors (Lipinski definition) is 5. The summed E-state index contributed by atoms with van der Waals surface area (Å²) in [7, 11) is 0. The Kier molecular flexibility index (Phi) is 10.6. The minimum atomic E-state index is -1.08. The lowest BCUT2D eigenvalue weighted by Crippen LogP contribution is -2.46. The topological polar surface area (TPSA) is 164 Å². The molecule has 5 N–H and O–H groups in total. The second kappa shape index (κ2) is 15.8. The third-order valence-corrected chi connectivity index (χ3v) is 9.80. The van der Waals surface area contributed by atoms with Crippen LogP contribution in [-0.2, 0) is 20.7 Å². The van der Waals surface area contributed by atoms with E-state index in [0.29, 0.717) is 22.5 Å². The molecule has 3 heterocycles. The smallest absolute Gasteiger partial charge is 0.412 e. The highest BCUT2D eigenvalue weighted by Crippen LogP contribution is 2.39. The van der Waals surface area contributed by atoms with E-state index < -0.39 is 29.2 Å². The number of ether oxygens (including phenoxy) is 2. The average molecular weight is 767 g/mol. The molecule has 6 aromatic rings. The first-order chi connectivity index (χ1) is 27.4. The first-order valence-corrected chi connectivity index (χ1v) is 18.1. The van der Waals surface area contributed by atoms with Crippen LogP contribution in [0.3, 0.4) is 0 Å². The quantitative estimate of drug-likeness (QED) is 0.104. The second-order valence-electron chi connectivity index (χ2n) is 14.1. The van der Waals surface area contributed by atoms with E-state index >= 15 is 0 Å². The Bertz CT molecular complexity index is 2440. The minimum Gasteiger partial charge on any atom is -0.436 e. The summed E-state index contributed by atoms with van der Waals surface area (Å²) >= 11 is 0. The van der Waals surface area contributed by atoms with Crippen molar-refractivity contribution < 1.29 is 33.0 Å². The van der Waals surface area contributed by atoms with Crippen molar-refractivity contribution in [1.29, 1.82) is 0 Å². The molecule has 2 aliphatic heterocycles. The molecule has 0 radical (unpaired) electrons. The normalized spacial score (nSPS) is 17.8. The second-order valence-corrected chi connectivity index (χ2v) is 14.1. The first-order valence-electron chi connectivity index (χ1n) is 18.1. The van der Waals surface area contributed by atoms with Crippen molar-refractivity contribution in [1.82, 2.24) is 20.8 Å². The van der Waals surface area contributed by atoms with Crippen molar-refractivity contribution in [3.8, 4) is 22.4 Å². The lowest BCUT2D eigenvalue weighted by Gasteiger charge is -2.36. The fraction of sp³-hybridized carbons (Fsp3) is 0.159. The molecule has 0 aliphatic carbocycles. The SMILES string of the molecule is C[C@]1(CNC(=O)c2ccc(F)cc2)OC(=O)Nc2ccc(-c3ccn[nH]3)cc21.Cc1ccc(C(=O)NCC2(C)OC(=O)Nc3ccc(-c4ccccc4)cc32)cc1. The van der Waals surface area contributed by atoms with Gasteiger partial charge in [0.15, 0.2) is 11.2 Å². The van der Waals surface area contributed by atoms with Gasteiger partial charge in [-0.25, -0.2) is 14.0 Å². The van der Waals surface area contributed by atoms with E-state index in [1.807, 2.05) is 92.7 Å². The number of cyclic esters (lactones) is 2. The Labute approximate surface area is 327 Å². The number of anilines is 2. The van der Waals surface area contributed by atoms with Gasteiger partial charge in [-0.05, 0) is 98.6 Å². The monoisotopic (exact) mass is 766 g/mol. The number of nitrogens with zero attached hydrogens (tertiary/aromatic N) is 1. The highest BCUT2D eigenvalue weighted by Gasteiger charge is 2.40. The predicted octanol–water partition coefficient (Wildman–Crippen LogP) is 8.29. The van der Waals surface area contributed by atoms with E-state index in [-0.39, 0.29) is 24.9 Å². The third-order valence-electron chi connectivity index (χ3n) is 9.80. The summed E-state index contributed by atoms with van der Waals surface area (Å²) in [6.07, 6.45) is 0.521. The zero-order valence-electron chi connectivity index (χ0n) is 31.3. The highest BCUT2D eigenvalue weighted by molar-refractivity contribution is 5.95. The molecule has 13 heteroatoms. The van der Waals surface area contributed by atoms with Crippen LogP contribution in [0, 0.1) is 12.7 Å². The van der Waals surface area contributed by atoms with Gasteiger partial charge in [0.25, 0.3) is 11.8 Å². The van der Waals surface area contributed by atoms with Gasteiger partial charge in [0.2, 0.25) is 0 Å². The van der Waals surface area contributed by atoms with Crippen LogP contribution in [0.4, 0.5) is 25.4 Å². The lowest BCUT2D eigenvalue weighted by atomic mass is 9.89. The molecular weight excluding hydrogens is 728 g/mol. The average Bonchev–Trinajstić information content (AvgIpc) is 3.76. The molecule has 1 aromatic heterocycles. The van der Waals surface area contributed by atoms with Gasteiger partial charge >= 0.3 is 12.2 Å². The summed E-state index contributed by atoms with van der Waals surface area (Å²) in [4.78, 5) is 49.0. The Morgan fingerprint density at radius 2 is 1.16 bits per heavy atom. The lowest BCUT2D eigenvalue weighted by molar-refractivity contribution is 0.0258. The standard InChI is InChI=1S/C24H22N2O3.C20H17FN4O3/c1-16-8-10-18(11-9-16)22(27)25-15-24(2)20-14-19(17-6-4-3-5-7-17)12-13-21(20)26-23(28)29-24;1-20(11-22-18(26)12-2-5-14(21)6-3-12)15-10-13(16-8-9-23-25-16)4-7-17(15)24-19(27)28-20/h3-14H,15H2,1-2H3,(H,25,27)(H,26,28);2-10H,11H2,1H3,(H,22,26)(H,23,25)(H,24,27)/t;20-/m.1/s1. The molecule has 57 heavy (non-hydrogen) atoms. The number of H-pyrrole nitrogens is 1. The van der Waals surface area contributed by atoms with Gasteiger partial charge in [-0.1, -0.05) is 60.2 Å². The Morgan fingerprint density at radius 1 is 0.649 bits per heavy atom. The van der Waals surface area contributed by atoms with Crippen LogP contribution < -0.4 is 21.3 Å². The maximum absolute atomic E-state index is 13.0. The molecule has 12 nitrogen and oxygen atoms in total. The molecule has 2 aliphatic rings. The molecule has 4 amide bonds. The predicted molar refractivity (Wildman–Crippen MR) is 213 cm³/mol. The molecule has 5 aromatic carbocycles. The molecule has 288 valence electrons. The number of halogens is 1. The minimum absolute atomic E-state index is 0.0516. The summed E-state index contributed by atoms with van der Waals surface area (Å²) in [5.41, 5.74) is 6.51. The summed E-state index contributed by atoms with van der Waals surface area (Å²) in [6.45, 7) is 5.73. The number of carbonyl (C=O) groups is 4. The number of fused-ring (bicyclic) bond motifs is 2. The van der Waals surface area contributed by atoms with Gasteiger partial charge in [0, 0.05) is 34.0 Å². The van der Waals surface area contributed by atoms with Crippen LogP contribution in [0.2, 0.25) is 0 Å². The number of amides is 4. The molecule has 0 saturated carbocycles. The van der Waals surface area contributed by atoms with Crippen LogP contribution in [0.5, 0.6) is 0 Å². The van der Waals surface area contributed by atoms with E-state index in [9.17, 15) is 23.6 Å². The molecule has 1 unspecified atom stereocenters. The number of nitrogens with one attached hydrogen (secondary N) is 5. The molecule has 0 fully saturated rings. The zero-order valence-corrected chi connectivity index (χ0v) is 31.3. The highest BCUT2D eigenvalue weighted by atomic mass is 19.1. The number of hydrogen-bond acceptors (Lipinski definition) is 7. The van der Waals surface area contributed by atoms with Gasteiger partial charge < -0.3 is 20.1 Å². The van der Waals surface area contributed by atoms with Crippen molar-refractivity contribution in [3.05, 3.63) is 161 Å². The molecule has 0 spiro atoms. The Balaban J connectivity index is 0.000000174. The van der Waals surface area contributed by atoms with Crippen molar-refractivity contribution >= 4 is 35.4 Å². The first kappa shape index (κ1) is 38.0. The maximum atomic E-state index is 13.0. The summed E-state index contributed by atoms with van der Waals surface area (Å²) in [5, 5.41) is 17.9. The number of aromatic amines is 1. The Morgan fingerprint density at radius 3 is 1.68 bits per heavy atom. The van der Waals surface area contributed by atoms with Gasteiger partial charge in [-0.3, -0.25) is 25.3 Å². The number of rotatable bonds is 8.